The SMILES string of the molecule is C=CCOP(=O)(OCC=C)OCCNc1cc2c(c(OCOC)c1)C(=O)O[C@@H](C)[C@H](C)/C=C\C[C@H]1OC(C)(C)O[C@H]1C/C=C/2. The molecule has 44 heavy (non-hydrogen) atoms. The Hall–Kier alpha value is -2.76. The number of esters is 1. The third-order valence-corrected chi connectivity index (χ3v) is 8.27. The van der Waals surface area contributed by atoms with Crippen molar-refractivity contribution in [3.05, 3.63) is 66.8 Å². The van der Waals surface area contributed by atoms with Gasteiger partial charge >= 0.3 is 13.8 Å². The molecule has 1 fully saturated rings. The number of hydrogen-bond donors (Lipinski definition) is 1. The fraction of sp³-hybridized carbons (Fsp3) is 0.531. The molecule has 0 unspecified atom stereocenters. The summed E-state index contributed by atoms with van der Waals surface area (Å²) in [5, 5.41) is 3.22. The first-order valence-electron chi connectivity index (χ1n) is 14.7. The number of ether oxygens (including phenoxy) is 5. The second-order valence-electron chi connectivity index (χ2n) is 10.8. The lowest BCUT2D eigenvalue weighted by atomic mass is 10.00. The zero-order valence-electron chi connectivity index (χ0n) is 26.3. The Bertz CT molecular complexity index is 1210. The molecule has 3 rings (SSSR count). The molecule has 4 atom stereocenters. The maximum Gasteiger partial charge on any atom is 0.475 e. The zero-order valence-corrected chi connectivity index (χ0v) is 27.2. The Morgan fingerprint density at radius 2 is 1.70 bits per heavy atom. The monoisotopic (exact) mass is 635 g/mol. The minimum atomic E-state index is -3.81. The molecule has 0 amide bonds. The number of phosphoric ester groups is 1. The van der Waals surface area contributed by atoms with Crippen LogP contribution < -0.4 is 10.1 Å². The summed E-state index contributed by atoms with van der Waals surface area (Å²) in [5.74, 6) is -0.979. The summed E-state index contributed by atoms with van der Waals surface area (Å²) < 4.78 is 58.0. The van der Waals surface area contributed by atoms with Crippen LogP contribution in [0.3, 0.4) is 0 Å². The van der Waals surface area contributed by atoms with Gasteiger partial charge in [-0.15, -0.1) is 13.2 Å². The van der Waals surface area contributed by atoms with Crippen molar-refractivity contribution in [2.24, 2.45) is 5.92 Å². The van der Waals surface area contributed by atoms with Crippen LogP contribution >= 0.6 is 7.82 Å². The van der Waals surface area contributed by atoms with Gasteiger partial charge in [-0.05, 0) is 45.2 Å². The van der Waals surface area contributed by atoms with E-state index >= 15 is 0 Å². The van der Waals surface area contributed by atoms with E-state index in [-0.39, 0.29) is 62.6 Å². The maximum absolute atomic E-state index is 13.6. The molecule has 0 spiro atoms. The molecule has 0 bridgehead atoms. The number of cyclic esters (lactones) is 1. The van der Waals surface area contributed by atoms with E-state index < -0.39 is 25.7 Å². The standard InChI is InChI=1S/C32H46NO10P/c1-8-17-38-44(35,39-18-9-2)40-19-16-33-26-20-25-13-11-15-28-27(42-32(5,6)43-28)14-10-12-23(3)24(4)41-31(34)30(25)29(21-26)37-22-36-7/h8-13,20-21,23-24,27-28,33H,1-2,14-19,22H2,3-7H3/b12-10-,13-11+/t23-,24+,27-,28+/m1/s1. The largest absolute Gasteiger partial charge is 0.475 e. The lowest BCUT2D eigenvalue weighted by Crippen LogP contribution is -2.23. The fourth-order valence-electron chi connectivity index (χ4n) is 4.63. The van der Waals surface area contributed by atoms with Gasteiger partial charge in [0, 0.05) is 31.3 Å². The van der Waals surface area contributed by atoms with E-state index in [1.807, 2.05) is 52.0 Å². The molecule has 1 saturated heterocycles. The minimum Gasteiger partial charge on any atom is -0.467 e. The van der Waals surface area contributed by atoms with Gasteiger partial charge in [-0.2, -0.15) is 0 Å². The molecule has 0 aliphatic carbocycles. The molecular formula is C32H46NO10P. The van der Waals surface area contributed by atoms with Crippen molar-refractivity contribution >= 4 is 25.6 Å². The van der Waals surface area contributed by atoms with Gasteiger partial charge in [-0.25, -0.2) is 9.36 Å². The second kappa shape index (κ2) is 17.1. The molecule has 0 aromatic heterocycles. The van der Waals surface area contributed by atoms with Crippen molar-refractivity contribution in [1.82, 2.24) is 0 Å². The highest BCUT2D eigenvalue weighted by Gasteiger charge is 2.40. The lowest BCUT2D eigenvalue weighted by Gasteiger charge is -2.22. The van der Waals surface area contributed by atoms with Crippen LogP contribution in [0, 0.1) is 5.92 Å². The number of rotatable bonds is 14. The Morgan fingerprint density at radius 3 is 2.34 bits per heavy atom. The highest BCUT2D eigenvalue weighted by atomic mass is 31.2. The summed E-state index contributed by atoms with van der Waals surface area (Å²) >= 11 is 0. The fourth-order valence-corrected chi connectivity index (χ4v) is 5.75. The van der Waals surface area contributed by atoms with Crippen LogP contribution in [-0.2, 0) is 37.1 Å². The minimum absolute atomic E-state index is 0.000742. The number of fused-ring (bicyclic) bond motifs is 2. The Morgan fingerprint density at radius 1 is 1.05 bits per heavy atom. The van der Waals surface area contributed by atoms with Crippen molar-refractivity contribution in [2.75, 3.05) is 45.6 Å². The molecule has 244 valence electrons. The Kier molecular flexibility index (Phi) is 13.9. The van der Waals surface area contributed by atoms with Crippen LogP contribution in [0.25, 0.3) is 6.08 Å². The molecular weight excluding hydrogens is 589 g/mol. The molecule has 0 radical (unpaired) electrons. The molecule has 0 saturated carbocycles. The van der Waals surface area contributed by atoms with Gasteiger partial charge in [0.05, 0.1) is 32.0 Å². The van der Waals surface area contributed by atoms with E-state index in [1.54, 1.807) is 6.07 Å². The first-order chi connectivity index (χ1) is 21.0. The summed E-state index contributed by atoms with van der Waals surface area (Å²) in [7, 11) is -2.32. The molecule has 1 N–H and O–H groups in total. The van der Waals surface area contributed by atoms with Gasteiger partial charge in [-0.1, -0.05) is 43.4 Å². The molecule has 1 aromatic rings. The first-order valence-corrected chi connectivity index (χ1v) is 16.2. The number of methoxy groups -OCH3 is 1. The van der Waals surface area contributed by atoms with E-state index in [1.165, 1.54) is 19.3 Å². The van der Waals surface area contributed by atoms with Crippen molar-refractivity contribution in [2.45, 2.75) is 64.6 Å². The Labute approximate surface area is 260 Å². The van der Waals surface area contributed by atoms with E-state index in [0.29, 0.717) is 24.1 Å². The average molecular weight is 636 g/mol. The average Bonchev–Trinajstić information content (AvgIpc) is 3.28. The predicted molar refractivity (Wildman–Crippen MR) is 169 cm³/mol. The summed E-state index contributed by atoms with van der Waals surface area (Å²) in [5.41, 5.74) is 1.46. The summed E-state index contributed by atoms with van der Waals surface area (Å²) in [6.07, 6.45) is 11.4. The van der Waals surface area contributed by atoms with Crippen LogP contribution in [0.15, 0.2) is 55.7 Å². The molecule has 2 aliphatic heterocycles. The number of phosphoric acid groups is 1. The van der Waals surface area contributed by atoms with Crippen molar-refractivity contribution in [3.8, 4) is 5.75 Å². The number of carbonyl (C=O) groups excluding carboxylic acids is 1. The van der Waals surface area contributed by atoms with E-state index in [2.05, 4.69) is 24.6 Å². The number of benzene rings is 1. The third-order valence-electron chi connectivity index (χ3n) is 6.84. The van der Waals surface area contributed by atoms with Gasteiger partial charge in [-0.3, -0.25) is 13.6 Å². The highest BCUT2D eigenvalue weighted by Crippen LogP contribution is 2.49. The highest BCUT2D eigenvalue weighted by molar-refractivity contribution is 7.48. The quantitative estimate of drug-likeness (QED) is 0.0775. The maximum atomic E-state index is 13.6. The van der Waals surface area contributed by atoms with Gasteiger partial charge < -0.3 is 29.0 Å². The van der Waals surface area contributed by atoms with Gasteiger partial charge in [0.2, 0.25) is 0 Å². The lowest BCUT2D eigenvalue weighted by molar-refractivity contribution is -0.145. The number of anilines is 1. The molecule has 1 aromatic carbocycles. The van der Waals surface area contributed by atoms with Crippen LogP contribution in [0.1, 0.15) is 56.5 Å². The number of hydrogen-bond acceptors (Lipinski definition) is 11. The summed E-state index contributed by atoms with van der Waals surface area (Å²) in [6.45, 7) is 14.9. The van der Waals surface area contributed by atoms with Gasteiger partial charge in [0.25, 0.3) is 0 Å². The third kappa shape index (κ3) is 10.7. The molecule has 12 heteroatoms. The summed E-state index contributed by atoms with van der Waals surface area (Å²) in [6, 6.07) is 3.49. The van der Waals surface area contributed by atoms with E-state index in [0.717, 1.165) is 0 Å². The van der Waals surface area contributed by atoms with Crippen LogP contribution in [0.2, 0.25) is 0 Å². The normalized spacial score (nSPS) is 25.1. The van der Waals surface area contributed by atoms with E-state index in [4.69, 9.17) is 37.3 Å². The van der Waals surface area contributed by atoms with E-state index in [9.17, 15) is 9.36 Å². The predicted octanol–water partition coefficient (Wildman–Crippen LogP) is 6.68. The summed E-state index contributed by atoms with van der Waals surface area (Å²) in [4.78, 5) is 13.6. The molecule has 2 aliphatic rings. The van der Waals surface area contributed by atoms with Crippen LogP contribution in [0.5, 0.6) is 5.75 Å². The number of nitrogens with one attached hydrogen (secondary N) is 1. The van der Waals surface area contributed by atoms with Crippen LogP contribution in [-0.4, -0.2) is 70.3 Å². The topological polar surface area (TPSA) is 120 Å². The van der Waals surface area contributed by atoms with Crippen molar-refractivity contribution < 1.29 is 46.6 Å². The zero-order chi connectivity index (χ0) is 32.2. The second-order valence-corrected chi connectivity index (χ2v) is 12.5. The first kappa shape index (κ1) is 35.7. The van der Waals surface area contributed by atoms with Gasteiger partial charge in [0.15, 0.2) is 12.6 Å². The van der Waals surface area contributed by atoms with Crippen molar-refractivity contribution in [1.29, 1.82) is 0 Å². The Balaban J connectivity index is 1.90. The van der Waals surface area contributed by atoms with Crippen molar-refractivity contribution in [3.63, 3.8) is 0 Å². The van der Waals surface area contributed by atoms with Crippen LogP contribution in [0.4, 0.5) is 5.69 Å². The molecule has 2 heterocycles. The van der Waals surface area contributed by atoms with Gasteiger partial charge in [0.1, 0.15) is 17.4 Å². The molecule has 11 nitrogen and oxygen atoms in total. The smallest absolute Gasteiger partial charge is 0.467 e. The number of carbonyl (C=O) groups is 1.